The van der Waals surface area contributed by atoms with Gasteiger partial charge in [0.25, 0.3) is 0 Å². The molecule has 1 aromatic heterocycles. The molecule has 2 N–H and O–H groups in total. The molecule has 3 rings (SSSR count). The quantitative estimate of drug-likeness (QED) is 0.925. The molecule has 0 bridgehead atoms. The van der Waals surface area contributed by atoms with Gasteiger partial charge in [-0.15, -0.1) is 0 Å². The summed E-state index contributed by atoms with van der Waals surface area (Å²) in [6.07, 6.45) is 2.03. The van der Waals surface area contributed by atoms with Gasteiger partial charge in [-0.2, -0.15) is 0 Å². The molecule has 2 aromatic rings. The first-order valence-corrected chi connectivity index (χ1v) is 7.29. The largest absolute Gasteiger partial charge is 0.326 e. The smallest absolute Gasteiger partial charge is 0.133 e. The van der Waals surface area contributed by atoms with Crippen molar-refractivity contribution in [3.8, 4) is 0 Å². The van der Waals surface area contributed by atoms with Crippen molar-refractivity contribution in [2.75, 3.05) is 11.4 Å². The number of aryl methyl sites for hydroxylation is 1. The van der Waals surface area contributed by atoms with Gasteiger partial charge in [0.15, 0.2) is 0 Å². The Bertz CT molecular complexity index is 621. The maximum Gasteiger partial charge on any atom is 0.133 e. The van der Waals surface area contributed by atoms with E-state index in [0.29, 0.717) is 0 Å². The van der Waals surface area contributed by atoms with E-state index in [0.717, 1.165) is 36.5 Å². The molecule has 0 saturated heterocycles. The zero-order chi connectivity index (χ0) is 14.1. The minimum atomic E-state index is 0.0856. The van der Waals surface area contributed by atoms with Crippen molar-refractivity contribution >= 4 is 11.5 Å². The van der Waals surface area contributed by atoms with Crippen molar-refractivity contribution in [2.45, 2.75) is 32.7 Å². The van der Waals surface area contributed by atoms with E-state index < -0.39 is 0 Å². The van der Waals surface area contributed by atoms with E-state index >= 15 is 0 Å². The molecule has 0 fully saturated rings. The predicted molar refractivity (Wildman–Crippen MR) is 83.3 cm³/mol. The van der Waals surface area contributed by atoms with Gasteiger partial charge in [-0.05, 0) is 43.0 Å². The lowest BCUT2D eigenvalue weighted by atomic mass is 10.0. The summed E-state index contributed by atoms with van der Waals surface area (Å²) in [5.74, 6) is 1.03. The van der Waals surface area contributed by atoms with Gasteiger partial charge in [-0.25, -0.2) is 4.98 Å². The first kappa shape index (κ1) is 13.1. The average Bonchev–Trinajstić information content (AvgIpc) is 2.90. The Balaban J connectivity index is 1.95. The summed E-state index contributed by atoms with van der Waals surface area (Å²) in [7, 11) is 0. The summed E-state index contributed by atoms with van der Waals surface area (Å²) in [4.78, 5) is 7.06. The third-order valence-electron chi connectivity index (χ3n) is 4.11. The van der Waals surface area contributed by atoms with Crippen LogP contribution >= 0.6 is 0 Å². The molecule has 0 amide bonds. The van der Waals surface area contributed by atoms with Gasteiger partial charge < -0.3 is 10.6 Å². The standard InChI is InChI=1S/C17H21N3/c1-3-15(18)14-8-9-17(19-12(14)2)20-11-10-13-6-4-5-7-16(13)20/h4-9,15H,3,10-11,18H2,1-2H3/t15-/m1/s1. The molecule has 104 valence electrons. The van der Waals surface area contributed by atoms with Crippen LogP contribution in [0.2, 0.25) is 0 Å². The minimum absolute atomic E-state index is 0.0856. The fourth-order valence-electron chi connectivity index (χ4n) is 2.90. The van der Waals surface area contributed by atoms with Crippen LogP contribution in [0, 0.1) is 6.92 Å². The molecule has 1 atom stereocenters. The van der Waals surface area contributed by atoms with E-state index in [9.17, 15) is 0 Å². The summed E-state index contributed by atoms with van der Waals surface area (Å²) in [5.41, 5.74) is 11.0. The predicted octanol–water partition coefficient (Wildman–Crippen LogP) is 3.49. The van der Waals surface area contributed by atoms with Crippen molar-refractivity contribution in [3.05, 3.63) is 53.2 Å². The van der Waals surface area contributed by atoms with Crippen LogP contribution in [0.4, 0.5) is 11.5 Å². The van der Waals surface area contributed by atoms with Crippen molar-refractivity contribution < 1.29 is 0 Å². The molecular weight excluding hydrogens is 246 g/mol. The molecule has 0 saturated carbocycles. The number of anilines is 2. The van der Waals surface area contributed by atoms with Crippen LogP contribution in [0.15, 0.2) is 36.4 Å². The number of benzene rings is 1. The fraction of sp³-hybridized carbons (Fsp3) is 0.353. The summed E-state index contributed by atoms with van der Waals surface area (Å²) in [6.45, 7) is 5.16. The monoisotopic (exact) mass is 267 g/mol. The zero-order valence-electron chi connectivity index (χ0n) is 12.1. The van der Waals surface area contributed by atoms with E-state index in [2.05, 4.69) is 55.1 Å². The third kappa shape index (κ3) is 2.18. The number of pyridine rings is 1. The summed E-state index contributed by atoms with van der Waals surface area (Å²) >= 11 is 0. The maximum atomic E-state index is 6.12. The van der Waals surface area contributed by atoms with E-state index in [1.165, 1.54) is 11.3 Å². The number of nitrogens with zero attached hydrogens (tertiary/aromatic N) is 2. The Hall–Kier alpha value is -1.87. The molecule has 0 unspecified atom stereocenters. The molecule has 2 heterocycles. The van der Waals surface area contributed by atoms with Gasteiger partial charge in [0, 0.05) is 24.0 Å². The van der Waals surface area contributed by atoms with Gasteiger partial charge in [0.2, 0.25) is 0 Å². The molecule has 3 heteroatoms. The van der Waals surface area contributed by atoms with Crippen LogP contribution < -0.4 is 10.6 Å². The minimum Gasteiger partial charge on any atom is -0.326 e. The van der Waals surface area contributed by atoms with Crippen LogP contribution in [-0.4, -0.2) is 11.5 Å². The van der Waals surface area contributed by atoms with Crippen molar-refractivity contribution in [1.82, 2.24) is 4.98 Å². The molecule has 3 nitrogen and oxygen atoms in total. The molecule has 1 aliphatic rings. The van der Waals surface area contributed by atoms with Crippen molar-refractivity contribution in [2.24, 2.45) is 5.73 Å². The van der Waals surface area contributed by atoms with Crippen LogP contribution in [-0.2, 0) is 6.42 Å². The Morgan fingerprint density at radius 1 is 1.25 bits per heavy atom. The number of hydrogen-bond acceptors (Lipinski definition) is 3. The highest BCUT2D eigenvalue weighted by molar-refractivity contribution is 5.67. The molecule has 0 radical (unpaired) electrons. The number of fused-ring (bicyclic) bond motifs is 1. The second-order valence-electron chi connectivity index (χ2n) is 5.39. The zero-order valence-corrected chi connectivity index (χ0v) is 12.1. The fourth-order valence-corrected chi connectivity index (χ4v) is 2.90. The lowest BCUT2D eigenvalue weighted by Gasteiger charge is -2.20. The van der Waals surface area contributed by atoms with E-state index in [1.807, 2.05) is 0 Å². The second-order valence-corrected chi connectivity index (χ2v) is 5.39. The van der Waals surface area contributed by atoms with Crippen LogP contribution in [0.3, 0.4) is 0 Å². The molecular formula is C17H21N3. The lowest BCUT2D eigenvalue weighted by molar-refractivity contribution is 0.688. The van der Waals surface area contributed by atoms with Gasteiger partial charge in [0.05, 0.1) is 0 Å². The number of nitrogens with two attached hydrogens (primary N) is 1. The Morgan fingerprint density at radius 3 is 2.80 bits per heavy atom. The van der Waals surface area contributed by atoms with Gasteiger partial charge >= 0.3 is 0 Å². The average molecular weight is 267 g/mol. The first-order chi connectivity index (χ1) is 9.70. The topological polar surface area (TPSA) is 42.1 Å². The highest BCUT2D eigenvalue weighted by atomic mass is 15.2. The Labute approximate surface area is 120 Å². The van der Waals surface area contributed by atoms with E-state index in [-0.39, 0.29) is 6.04 Å². The SMILES string of the molecule is CC[C@@H](N)c1ccc(N2CCc3ccccc32)nc1C. The molecule has 0 spiro atoms. The third-order valence-corrected chi connectivity index (χ3v) is 4.11. The molecule has 1 aromatic carbocycles. The molecule has 0 aliphatic carbocycles. The van der Waals surface area contributed by atoms with Gasteiger partial charge in [-0.3, -0.25) is 0 Å². The highest BCUT2D eigenvalue weighted by Crippen LogP contribution is 2.33. The van der Waals surface area contributed by atoms with E-state index in [4.69, 9.17) is 10.7 Å². The van der Waals surface area contributed by atoms with E-state index in [1.54, 1.807) is 0 Å². The summed E-state index contributed by atoms with van der Waals surface area (Å²) in [5, 5.41) is 0. The number of rotatable bonds is 3. The highest BCUT2D eigenvalue weighted by Gasteiger charge is 2.21. The number of hydrogen-bond donors (Lipinski definition) is 1. The summed E-state index contributed by atoms with van der Waals surface area (Å²) < 4.78 is 0. The van der Waals surface area contributed by atoms with Crippen LogP contribution in [0.25, 0.3) is 0 Å². The molecule has 20 heavy (non-hydrogen) atoms. The van der Waals surface area contributed by atoms with Gasteiger partial charge in [0.1, 0.15) is 5.82 Å². The van der Waals surface area contributed by atoms with Crippen molar-refractivity contribution in [1.29, 1.82) is 0 Å². The number of aromatic nitrogens is 1. The normalized spacial score (nSPS) is 15.2. The Morgan fingerprint density at radius 2 is 2.05 bits per heavy atom. The first-order valence-electron chi connectivity index (χ1n) is 7.29. The maximum absolute atomic E-state index is 6.12. The van der Waals surface area contributed by atoms with Crippen LogP contribution in [0.5, 0.6) is 0 Å². The van der Waals surface area contributed by atoms with Gasteiger partial charge in [-0.1, -0.05) is 31.2 Å². The van der Waals surface area contributed by atoms with Crippen molar-refractivity contribution in [3.63, 3.8) is 0 Å². The second kappa shape index (κ2) is 5.25. The lowest BCUT2D eigenvalue weighted by Crippen LogP contribution is -2.17. The van der Waals surface area contributed by atoms with Crippen LogP contribution in [0.1, 0.15) is 36.2 Å². The number of para-hydroxylation sites is 1. The molecule has 1 aliphatic heterocycles. The summed E-state index contributed by atoms with van der Waals surface area (Å²) in [6, 6.07) is 12.9. The Kier molecular flexibility index (Phi) is 3.45.